The van der Waals surface area contributed by atoms with Gasteiger partial charge in [0.05, 0.1) is 25.0 Å². The molecule has 0 aliphatic heterocycles. The van der Waals surface area contributed by atoms with Gasteiger partial charge in [-0.15, -0.1) is 0 Å². The lowest BCUT2D eigenvalue weighted by molar-refractivity contribution is 0.167. The Labute approximate surface area is 111 Å². The molecule has 7 nitrogen and oxygen atoms in total. The van der Waals surface area contributed by atoms with Gasteiger partial charge in [0.1, 0.15) is 12.7 Å². The van der Waals surface area contributed by atoms with Crippen molar-refractivity contribution >= 4 is 24.3 Å². The van der Waals surface area contributed by atoms with E-state index in [1.54, 1.807) is 19.7 Å². The lowest BCUT2D eigenvalue weighted by atomic mass is 10.4. The Hall–Kier alpha value is -1.46. The average molecular weight is 283 g/mol. The molecule has 0 bridgehead atoms. The summed E-state index contributed by atoms with van der Waals surface area (Å²) >= 11 is 0. The van der Waals surface area contributed by atoms with Gasteiger partial charge in [0, 0.05) is 6.54 Å². The van der Waals surface area contributed by atoms with E-state index in [0.29, 0.717) is 18.8 Å². The van der Waals surface area contributed by atoms with Crippen molar-refractivity contribution in [1.82, 2.24) is 19.5 Å². The van der Waals surface area contributed by atoms with Crippen LogP contribution >= 0.6 is 7.14 Å². The topological polar surface area (TPSA) is 95.9 Å². The summed E-state index contributed by atoms with van der Waals surface area (Å²) in [4.78, 5) is 12.5. The molecule has 8 heteroatoms. The molecule has 2 rings (SSSR count). The number of fused-ring (bicyclic) bond motifs is 1. The zero-order chi connectivity index (χ0) is 14.0. The number of ether oxygens (including phenoxy) is 1. The maximum Gasteiger partial charge on any atom is 0.222 e. The molecule has 0 atom stereocenters. The van der Waals surface area contributed by atoms with Crippen molar-refractivity contribution in [2.45, 2.75) is 13.5 Å². The van der Waals surface area contributed by atoms with Crippen molar-refractivity contribution < 1.29 is 9.30 Å². The van der Waals surface area contributed by atoms with Crippen LogP contribution < -0.4 is 5.73 Å². The Bertz CT molecular complexity index is 633. The number of nitrogens with zero attached hydrogens (tertiary/aromatic N) is 4. The SMILES string of the molecule is Cc1nc(N)nc2c1ncn2CCOCP(C)(C)=O. The van der Waals surface area contributed by atoms with Crippen LogP contribution in [0.3, 0.4) is 0 Å². The fourth-order valence-corrected chi connectivity index (χ4v) is 2.29. The molecule has 0 aliphatic rings. The molecular formula is C11H18N5O2P. The predicted molar refractivity (Wildman–Crippen MR) is 74.7 cm³/mol. The van der Waals surface area contributed by atoms with Gasteiger partial charge in [-0.25, -0.2) is 9.97 Å². The zero-order valence-electron chi connectivity index (χ0n) is 11.3. The maximum absolute atomic E-state index is 11.5. The van der Waals surface area contributed by atoms with Gasteiger partial charge in [0.2, 0.25) is 5.95 Å². The quantitative estimate of drug-likeness (QED) is 0.656. The first kappa shape index (κ1) is 14.0. The van der Waals surface area contributed by atoms with E-state index in [2.05, 4.69) is 15.0 Å². The molecule has 0 aliphatic carbocycles. The molecule has 2 heterocycles. The predicted octanol–water partition coefficient (Wildman–Crippen LogP) is 1.31. The number of aryl methyl sites for hydroxylation is 1. The Morgan fingerprint density at radius 1 is 1.42 bits per heavy atom. The second kappa shape index (κ2) is 5.27. The molecule has 0 radical (unpaired) electrons. The minimum Gasteiger partial charge on any atom is -0.372 e. The highest BCUT2D eigenvalue weighted by Gasteiger charge is 2.10. The third-order valence-electron chi connectivity index (χ3n) is 2.53. The van der Waals surface area contributed by atoms with Crippen molar-refractivity contribution in [3.63, 3.8) is 0 Å². The molecule has 0 fully saturated rings. The van der Waals surface area contributed by atoms with Gasteiger partial charge in [-0.1, -0.05) is 0 Å². The van der Waals surface area contributed by atoms with Crippen LogP contribution in [0.4, 0.5) is 5.95 Å². The minimum atomic E-state index is -2.13. The summed E-state index contributed by atoms with van der Waals surface area (Å²) in [6, 6.07) is 0. The number of aromatic nitrogens is 4. The van der Waals surface area contributed by atoms with Crippen LogP contribution in [-0.2, 0) is 15.8 Å². The van der Waals surface area contributed by atoms with E-state index >= 15 is 0 Å². The highest BCUT2D eigenvalue weighted by atomic mass is 31.2. The van der Waals surface area contributed by atoms with E-state index in [0.717, 1.165) is 11.2 Å². The van der Waals surface area contributed by atoms with Crippen LogP contribution in [0.15, 0.2) is 6.33 Å². The van der Waals surface area contributed by atoms with E-state index in [1.165, 1.54) is 0 Å². The second-order valence-corrected chi connectivity index (χ2v) is 8.29. The summed E-state index contributed by atoms with van der Waals surface area (Å²) in [5.74, 6) is 0.235. The molecule has 2 aromatic rings. The van der Waals surface area contributed by atoms with Crippen LogP contribution in [0, 0.1) is 6.92 Å². The van der Waals surface area contributed by atoms with Gasteiger partial charge in [0.15, 0.2) is 5.65 Å². The van der Waals surface area contributed by atoms with E-state index in [-0.39, 0.29) is 12.3 Å². The fraction of sp³-hybridized carbons (Fsp3) is 0.545. The molecule has 0 aromatic carbocycles. The van der Waals surface area contributed by atoms with Crippen molar-refractivity contribution in [3.05, 3.63) is 12.0 Å². The molecule has 0 saturated heterocycles. The van der Waals surface area contributed by atoms with E-state index in [1.807, 2.05) is 11.5 Å². The average Bonchev–Trinajstić information content (AvgIpc) is 2.66. The third kappa shape index (κ3) is 3.52. The van der Waals surface area contributed by atoms with Gasteiger partial charge in [-0.3, -0.25) is 0 Å². The van der Waals surface area contributed by atoms with Crippen LogP contribution in [0.5, 0.6) is 0 Å². The molecule has 0 saturated carbocycles. The first-order valence-corrected chi connectivity index (χ1v) is 8.72. The number of hydrogen-bond donors (Lipinski definition) is 1. The summed E-state index contributed by atoms with van der Waals surface area (Å²) in [5.41, 5.74) is 7.83. The molecule has 2 N–H and O–H groups in total. The molecule has 104 valence electrons. The number of nitrogens with two attached hydrogens (primary N) is 1. The van der Waals surface area contributed by atoms with Gasteiger partial charge in [-0.2, -0.15) is 4.98 Å². The monoisotopic (exact) mass is 283 g/mol. The Morgan fingerprint density at radius 2 is 2.16 bits per heavy atom. The summed E-state index contributed by atoms with van der Waals surface area (Å²) < 4.78 is 18.7. The van der Waals surface area contributed by atoms with Crippen molar-refractivity contribution in [2.24, 2.45) is 0 Å². The van der Waals surface area contributed by atoms with Crippen molar-refractivity contribution in [3.8, 4) is 0 Å². The lowest BCUT2D eigenvalue weighted by Crippen LogP contribution is -2.07. The molecule has 0 spiro atoms. The first-order chi connectivity index (χ1) is 8.87. The summed E-state index contributed by atoms with van der Waals surface area (Å²) in [6.07, 6.45) is 1.97. The number of imidazole rings is 1. The molecule has 19 heavy (non-hydrogen) atoms. The summed E-state index contributed by atoms with van der Waals surface area (Å²) in [7, 11) is -2.13. The molecular weight excluding hydrogens is 265 g/mol. The summed E-state index contributed by atoms with van der Waals surface area (Å²) in [6.45, 7) is 6.30. The van der Waals surface area contributed by atoms with Crippen LogP contribution in [-0.4, -0.2) is 45.8 Å². The Balaban J connectivity index is 2.07. The van der Waals surface area contributed by atoms with Gasteiger partial charge in [-0.05, 0) is 20.3 Å². The van der Waals surface area contributed by atoms with Gasteiger partial charge in [0.25, 0.3) is 0 Å². The smallest absolute Gasteiger partial charge is 0.222 e. The number of anilines is 1. The maximum atomic E-state index is 11.5. The largest absolute Gasteiger partial charge is 0.372 e. The number of nitrogen functional groups attached to an aromatic ring is 1. The molecule has 0 amide bonds. The highest BCUT2D eigenvalue weighted by molar-refractivity contribution is 7.62. The zero-order valence-corrected chi connectivity index (χ0v) is 12.2. The van der Waals surface area contributed by atoms with Crippen LogP contribution in [0.1, 0.15) is 5.69 Å². The van der Waals surface area contributed by atoms with E-state index in [4.69, 9.17) is 10.5 Å². The van der Waals surface area contributed by atoms with Crippen molar-refractivity contribution in [2.75, 3.05) is 32.0 Å². The summed E-state index contributed by atoms with van der Waals surface area (Å²) in [5, 5.41) is 0. The highest BCUT2D eigenvalue weighted by Crippen LogP contribution is 2.35. The van der Waals surface area contributed by atoms with Crippen LogP contribution in [0.25, 0.3) is 11.2 Å². The molecule has 0 unspecified atom stereocenters. The fourth-order valence-electron chi connectivity index (χ4n) is 1.72. The Morgan fingerprint density at radius 3 is 2.84 bits per heavy atom. The first-order valence-electron chi connectivity index (χ1n) is 5.93. The Kier molecular flexibility index (Phi) is 3.87. The standard InChI is InChI=1S/C11H18N5O2P/c1-8-9-10(15-11(12)14-8)16(6-13-9)4-5-18-7-19(2,3)17/h6H,4-5,7H2,1-3H3,(H2,12,14,15). The number of rotatable bonds is 5. The third-order valence-corrected chi connectivity index (χ3v) is 3.34. The van der Waals surface area contributed by atoms with Gasteiger partial charge < -0.3 is 19.6 Å². The van der Waals surface area contributed by atoms with Gasteiger partial charge >= 0.3 is 0 Å². The molecule has 2 aromatic heterocycles. The lowest BCUT2D eigenvalue weighted by Gasteiger charge is -2.08. The van der Waals surface area contributed by atoms with Crippen LogP contribution in [0.2, 0.25) is 0 Å². The van der Waals surface area contributed by atoms with E-state index in [9.17, 15) is 4.57 Å². The normalized spacial score (nSPS) is 12.2. The minimum absolute atomic E-state index is 0.235. The second-order valence-electron chi connectivity index (χ2n) is 4.89. The van der Waals surface area contributed by atoms with E-state index < -0.39 is 7.14 Å². The van der Waals surface area contributed by atoms with Crippen molar-refractivity contribution in [1.29, 1.82) is 0 Å². The number of hydrogen-bond acceptors (Lipinski definition) is 6.